The first-order chi connectivity index (χ1) is 14.3. The van der Waals surface area contributed by atoms with Gasteiger partial charge < -0.3 is 9.73 Å². The summed E-state index contributed by atoms with van der Waals surface area (Å²) < 4.78 is 34.2. The van der Waals surface area contributed by atoms with Gasteiger partial charge in [-0.1, -0.05) is 6.92 Å². The average Bonchev–Trinajstić information content (AvgIpc) is 3.03. The van der Waals surface area contributed by atoms with E-state index in [0.717, 1.165) is 25.7 Å². The second-order valence-electron chi connectivity index (χ2n) is 8.72. The molecule has 4 rings (SSSR count). The lowest BCUT2D eigenvalue weighted by Gasteiger charge is -2.33. The topological polar surface area (TPSA) is 102 Å². The summed E-state index contributed by atoms with van der Waals surface area (Å²) in [6.45, 7) is 2.79. The number of sulfonamides is 1. The van der Waals surface area contributed by atoms with Gasteiger partial charge in [-0.3, -0.25) is 9.36 Å². The number of carbonyl (C=O) groups excluding carboxylic acids is 1. The summed E-state index contributed by atoms with van der Waals surface area (Å²) >= 11 is 0. The first kappa shape index (κ1) is 21.1. The Morgan fingerprint density at radius 1 is 1.17 bits per heavy atom. The molecule has 1 aliphatic carbocycles. The van der Waals surface area contributed by atoms with Crippen molar-refractivity contribution in [2.24, 2.45) is 18.9 Å². The molecule has 1 unspecified atom stereocenters. The summed E-state index contributed by atoms with van der Waals surface area (Å²) in [5.74, 6) is -0.212. The van der Waals surface area contributed by atoms with Gasteiger partial charge in [-0.05, 0) is 56.6 Å². The molecule has 2 aliphatic rings. The predicted molar refractivity (Wildman–Crippen MR) is 113 cm³/mol. The number of hydrogen-bond acceptors (Lipinski definition) is 5. The fourth-order valence-corrected chi connectivity index (χ4v) is 6.06. The van der Waals surface area contributed by atoms with Crippen LogP contribution in [-0.4, -0.2) is 42.3 Å². The summed E-state index contributed by atoms with van der Waals surface area (Å²) in [5.41, 5.74) is 0.776. The molecule has 1 saturated carbocycles. The molecular formula is C21H29N3O5S. The molecular weight excluding hydrogens is 406 g/mol. The summed E-state index contributed by atoms with van der Waals surface area (Å²) in [6.07, 6.45) is 5.55. The Morgan fingerprint density at radius 3 is 2.63 bits per heavy atom. The monoisotopic (exact) mass is 435 g/mol. The molecule has 1 aromatic carbocycles. The van der Waals surface area contributed by atoms with Crippen molar-refractivity contribution in [2.75, 3.05) is 13.1 Å². The molecule has 164 valence electrons. The highest BCUT2D eigenvalue weighted by molar-refractivity contribution is 7.89. The second kappa shape index (κ2) is 8.19. The van der Waals surface area contributed by atoms with Gasteiger partial charge in [0.2, 0.25) is 15.9 Å². The zero-order chi connectivity index (χ0) is 21.5. The van der Waals surface area contributed by atoms with E-state index in [2.05, 4.69) is 12.2 Å². The van der Waals surface area contributed by atoms with Crippen molar-refractivity contribution < 1.29 is 17.6 Å². The maximum Gasteiger partial charge on any atom is 0.419 e. The van der Waals surface area contributed by atoms with E-state index in [1.807, 2.05) is 0 Å². The van der Waals surface area contributed by atoms with Gasteiger partial charge in [0.05, 0.1) is 16.3 Å². The molecule has 1 atom stereocenters. The molecule has 30 heavy (non-hydrogen) atoms. The van der Waals surface area contributed by atoms with E-state index in [1.165, 1.54) is 21.0 Å². The zero-order valence-corrected chi connectivity index (χ0v) is 18.3. The molecule has 0 bridgehead atoms. The van der Waals surface area contributed by atoms with Gasteiger partial charge in [-0.2, -0.15) is 4.31 Å². The Bertz CT molecular complexity index is 1100. The van der Waals surface area contributed by atoms with Gasteiger partial charge in [0, 0.05) is 32.2 Å². The first-order valence-electron chi connectivity index (χ1n) is 10.7. The number of hydrogen-bond donors (Lipinski definition) is 1. The largest absolute Gasteiger partial charge is 0.419 e. The van der Waals surface area contributed by atoms with Crippen LogP contribution in [0.15, 0.2) is 32.3 Å². The molecule has 1 saturated heterocycles. The number of nitrogens with one attached hydrogen (secondary N) is 1. The molecule has 2 heterocycles. The van der Waals surface area contributed by atoms with Crippen LogP contribution < -0.4 is 11.1 Å². The summed E-state index contributed by atoms with van der Waals surface area (Å²) in [5, 5.41) is 3.14. The molecule has 2 fully saturated rings. The quantitative estimate of drug-likeness (QED) is 0.794. The van der Waals surface area contributed by atoms with Crippen LogP contribution in [0.4, 0.5) is 0 Å². The van der Waals surface area contributed by atoms with E-state index in [0.29, 0.717) is 30.8 Å². The molecule has 0 spiro atoms. The Morgan fingerprint density at radius 2 is 1.90 bits per heavy atom. The Hall–Kier alpha value is -2.13. The molecule has 1 aliphatic heterocycles. The normalized spacial score (nSPS) is 26.0. The lowest BCUT2D eigenvalue weighted by atomic mass is 9.87. The van der Waals surface area contributed by atoms with Crippen molar-refractivity contribution in [3.63, 3.8) is 0 Å². The van der Waals surface area contributed by atoms with Crippen LogP contribution in [0.25, 0.3) is 11.1 Å². The third-order valence-corrected chi connectivity index (χ3v) is 8.38. The van der Waals surface area contributed by atoms with Gasteiger partial charge in [-0.15, -0.1) is 0 Å². The van der Waals surface area contributed by atoms with Crippen LogP contribution in [0.5, 0.6) is 0 Å². The van der Waals surface area contributed by atoms with Gasteiger partial charge >= 0.3 is 5.76 Å². The molecule has 1 N–H and O–H groups in total. The molecule has 1 amide bonds. The van der Waals surface area contributed by atoms with E-state index in [1.54, 1.807) is 13.1 Å². The number of piperidine rings is 1. The number of carbonyl (C=O) groups is 1. The minimum atomic E-state index is -3.78. The molecule has 8 nitrogen and oxygen atoms in total. The summed E-state index contributed by atoms with van der Waals surface area (Å²) in [7, 11) is -2.21. The Labute approximate surface area is 176 Å². The van der Waals surface area contributed by atoms with Gasteiger partial charge in [0.1, 0.15) is 0 Å². The van der Waals surface area contributed by atoms with Crippen molar-refractivity contribution >= 4 is 27.0 Å². The smallest absolute Gasteiger partial charge is 0.408 e. The van der Waals surface area contributed by atoms with Crippen LogP contribution in [-0.2, 0) is 21.9 Å². The fraction of sp³-hybridized carbons (Fsp3) is 0.619. The number of benzene rings is 1. The third-order valence-electron chi connectivity index (χ3n) is 6.52. The van der Waals surface area contributed by atoms with Crippen LogP contribution in [0, 0.1) is 11.8 Å². The lowest BCUT2D eigenvalue weighted by molar-refractivity contribution is -0.127. The molecule has 9 heteroatoms. The second-order valence-corrected chi connectivity index (χ2v) is 10.7. The number of oxazole rings is 1. The van der Waals surface area contributed by atoms with Crippen LogP contribution in [0.1, 0.15) is 45.4 Å². The number of nitrogens with zero attached hydrogens (tertiary/aromatic N) is 2. The highest BCUT2D eigenvalue weighted by atomic mass is 32.2. The molecule has 2 aromatic rings. The van der Waals surface area contributed by atoms with Crippen LogP contribution >= 0.6 is 0 Å². The van der Waals surface area contributed by atoms with E-state index in [9.17, 15) is 18.0 Å². The third kappa shape index (κ3) is 4.05. The predicted octanol–water partition coefficient (Wildman–Crippen LogP) is 2.23. The minimum absolute atomic E-state index is 0.0426. The molecule has 1 aromatic heterocycles. The average molecular weight is 436 g/mol. The van der Waals surface area contributed by atoms with Crippen molar-refractivity contribution in [3.8, 4) is 0 Å². The van der Waals surface area contributed by atoms with E-state index < -0.39 is 15.8 Å². The van der Waals surface area contributed by atoms with Gasteiger partial charge in [0.15, 0.2) is 5.58 Å². The van der Waals surface area contributed by atoms with Gasteiger partial charge in [-0.25, -0.2) is 13.2 Å². The maximum atomic E-state index is 13.2. The first-order valence-corrected chi connectivity index (χ1v) is 12.1. The van der Waals surface area contributed by atoms with Crippen LogP contribution in [0.2, 0.25) is 0 Å². The van der Waals surface area contributed by atoms with Crippen molar-refractivity contribution in [1.29, 1.82) is 0 Å². The summed E-state index contributed by atoms with van der Waals surface area (Å²) in [4.78, 5) is 24.6. The van der Waals surface area contributed by atoms with E-state index >= 15 is 0 Å². The molecule has 0 radical (unpaired) electrons. The van der Waals surface area contributed by atoms with Crippen molar-refractivity contribution in [2.45, 2.75) is 56.4 Å². The Kier molecular flexibility index (Phi) is 5.76. The SMILES string of the molecule is CC1CCC(NC(=O)C2CCCN(S(=O)(=O)c3ccc4c(c3)oc(=O)n4C)C2)CC1. The Balaban J connectivity index is 1.48. The number of aryl methyl sites for hydroxylation is 1. The highest BCUT2D eigenvalue weighted by Gasteiger charge is 2.34. The highest BCUT2D eigenvalue weighted by Crippen LogP contribution is 2.27. The van der Waals surface area contributed by atoms with Crippen molar-refractivity contribution in [3.05, 3.63) is 28.7 Å². The van der Waals surface area contributed by atoms with E-state index in [-0.39, 0.29) is 34.9 Å². The number of amides is 1. The standard InChI is InChI=1S/C21H29N3O5S/c1-14-5-7-16(8-6-14)22-20(25)15-4-3-11-24(13-15)30(27,28)17-9-10-18-19(12-17)29-21(26)23(18)2/h9-10,12,14-16H,3-8,11,13H2,1-2H3,(H,22,25). The van der Waals surface area contributed by atoms with Crippen molar-refractivity contribution in [1.82, 2.24) is 14.2 Å². The maximum absolute atomic E-state index is 13.2. The fourth-order valence-electron chi connectivity index (χ4n) is 4.52. The van der Waals surface area contributed by atoms with E-state index in [4.69, 9.17) is 4.42 Å². The number of rotatable bonds is 4. The zero-order valence-electron chi connectivity index (χ0n) is 17.5. The lowest BCUT2D eigenvalue weighted by Crippen LogP contribution is -2.48. The van der Waals surface area contributed by atoms with Gasteiger partial charge in [0.25, 0.3) is 0 Å². The number of aromatic nitrogens is 1. The summed E-state index contributed by atoms with van der Waals surface area (Å²) in [6, 6.07) is 4.65. The number of fused-ring (bicyclic) bond motifs is 1. The van der Waals surface area contributed by atoms with Crippen LogP contribution in [0.3, 0.4) is 0 Å². The minimum Gasteiger partial charge on any atom is -0.408 e.